The molecule has 0 aromatic carbocycles. The summed E-state index contributed by atoms with van der Waals surface area (Å²) in [5.74, 6) is 1.77. The zero-order valence-corrected chi connectivity index (χ0v) is 10.8. The molecule has 1 saturated carbocycles. The van der Waals surface area contributed by atoms with Gasteiger partial charge in [0.2, 0.25) is 0 Å². The van der Waals surface area contributed by atoms with Crippen molar-refractivity contribution in [2.45, 2.75) is 39.2 Å². The predicted octanol–water partition coefficient (Wildman–Crippen LogP) is 2.68. The van der Waals surface area contributed by atoms with Crippen LogP contribution in [0, 0.1) is 12.8 Å². The first-order valence-electron chi connectivity index (χ1n) is 6.50. The minimum atomic E-state index is 0.842. The molecule has 0 atom stereocenters. The highest BCUT2D eigenvalue weighted by atomic mass is 16.5. The van der Waals surface area contributed by atoms with Crippen molar-refractivity contribution in [1.82, 2.24) is 10.3 Å². The fraction of sp³-hybridized carbons (Fsp3) is 0.643. The van der Waals surface area contributed by atoms with E-state index in [1.54, 1.807) is 7.11 Å². The van der Waals surface area contributed by atoms with Crippen LogP contribution in [-0.4, -0.2) is 18.6 Å². The lowest BCUT2D eigenvalue weighted by molar-refractivity contribution is 0.412. The maximum Gasteiger partial charge on any atom is 0.122 e. The van der Waals surface area contributed by atoms with Crippen molar-refractivity contribution in [3.63, 3.8) is 0 Å². The van der Waals surface area contributed by atoms with Crippen LogP contribution in [0.5, 0.6) is 5.75 Å². The van der Waals surface area contributed by atoms with Gasteiger partial charge in [-0.05, 0) is 32.2 Å². The van der Waals surface area contributed by atoms with Crippen molar-refractivity contribution in [3.8, 4) is 5.75 Å². The molecule has 1 aliphatic rings. The number of ether oxygens (including phenoxy) is 1. The summed E-state index contributed by atoms with van der Waals surface area (Å²) in [5.41, 5.74) is 2.09. The third-order valence-electron chi connectivity index (χ3n) is 3.43. The third kappa shape index (κ3) is 3.70. The summed E-state index contributed by atoms with van der Waals surface area (Å²) in [6.07, 6.45) is 5.58. The zero-order chi connectivity index (χ0) is 12.1. The second kappa shape index (κ2) is 6.01. The first kappa shape index (κ1) is 12.4. The van der Waals surface area contributed by atoms with E-state index in [4.69, 9.17) is 4.74 Å². The summed E-state index contributed by atoms with van der Waals surface area (Å²) in [4.78, 5) is 4.50. The fourth-order valence-electron chi connectivity index (χ4n) is 2.53. The molecule has 0 bridgehead atoms. The van der Waals surface area contributed by atoms with E-state index in [9.17, 15) is 0 Å². The zero-order valence-electron chi connectivity index (χ0n) is 10.8. The van der Waals surface area contributed by atoms with Gasteiger partial charge in [0.05, 0.1) is 12.8 Å². The van der Waals surface area contributed by atoms with Gasteiger partial charge >= 0.3 is 0 Å². The molecule has 0 saturated heterocycles. The Morgan fingerprint density at radius 3 is 2.82 bits per heavy atom. The highest BCUT2D eigenvalue weighted by Crippen LogP contribution is 2.23. The number of aryl methyl sites for hydroxylation is 1. The Morgan fingerprint density at radius 1 is 1.35 bits per heavy atom. The smallest absolute Gasteiger partial charge is 0.122 e. The van der Waals surface area contributed by atoms with E-state index >= 15 is 0 Å². The van der Waals surface area contributed by atoms with E-state index in [1.807, 2.05) is 19.1 Å². The maximum absolute atomic E-state index is 5.25. The van der Waals surface area contributed by atoms with Crippen LogP contribution >= 0.6 is 0 Å². The number of pyridine rings is 1. The first-order chi connectivity index (χ1) is 8.28. The van der Waals surface area contributed by atoms with Crippen molar-refractivity contribution in [2.24, 2.45) is 5.92 Å². The normalized spacial score (nSPS) is 16.4. The van der Waals surface area contributed by atoms with Gasteiger partial charge in [-0.15, -0.1) is 0 Å². The van der Waals surface area contributed by atoms with E-state index in [0.717, 1.165) is 36.1 Å². The molecule has 1 heterocycles. The van der Waals surface area contributed by atoms with Gasteiger partial charge in [-0.3, -0.25) is 4.98 Å². The van der Waals surface area contributed by atoms with Crippen molar-refractivity contribution in [2.75, 3.05) is 13.7 Å². The van der Waals surface area contributed by atoms with E-state index < -0.39 is 0 Å². The van der Waals surface area contributed by atoms with Crippen molar-refractivity contribution in [3.05, 3.63) is 23.5 Å². The molecule has 0 aliphatic heterocycles. The minimum absolute atomic E-state index is 0.842. The fourth-order valence-corrected chi connectivity index (χ4v) is 2.53. The van der Waals surface area contributed by atoms with Crippen LogP contribution in [-0.2, 0) is 6.54 Å². The first-order valence-corrected chi connectivity index (χ1v) is 6.50. The molecule has 2 rings (SSSR count). The molecular formula is C14H22N2O. The topological polar surface area (TPSA) is 34.1 Å². The number of methoxy groups -OCH3 is 1. The standard InChI is InChI=1S/C14H22N2O/c1-11-7-14(17-2)8-13(16-11)10-15-9-12-5-3-4-6-12/h7-8,12,15H,3-6,9-10H2,1-2H3. The summed E-state index contributed by atoms with van der Waals surface area (Å²) in [5, 5.41) is 3.50. The van der Waals surface area contributed by atoms with E-state index in [0.29, 0.717) is 0 Å². The quantitative estimate of drug-likeness (QED) is 0.850. The summed E-state index contributed by atoms with van der Waals surface area (Å²) < 4.78 is 5.25. The van der Waals surface area contributed by atoms with Crippen LogP contribution in [0.3, 0.4) is 0 Å². The van der Waals surface area contributed by atoms with Gasteiger partial charge in [-0.1, -0.05) is 12.8 Å². The Labute approximate surface area is 104 Å². The van der Waals surface area contributed by atoms with Crippen LogP contribution in [0.4, 0.5) is 0 Å². The Bertz CT molecular complexity index is 359. The van der Waals surface area contributed by atoms with E-state index in [1.165, 1.54) is 25.7 Å². The van der Waals surface area contributed by atoms with Gasteiger partial charge in [0.1, 0.15) is 5.75 Å². The molecule has 17 heavy (non-hydrogen) atoms. The number of rotatable bonds is 5. The Hall–Kier alpha value is -1.09. The molecule has 1 fully saturated rings. The average molecular weight is 234 g/mol. The molecule has 1 aromatic rings. The summed E-state index contributed by atoms with van der Waals surface area (Å²) >= 11 is 0. The van der Waals surface area contributed by atoms with Gasteiger partial charge in [-0.25, -0.2) is 0 Å². The molecule has 3 nitrogen and oxygen atoms in total. The molecule has 1 aliphatic carbocycles. The lowest BCUT2D eigenvalue weighted by atomic mass is 10.1. The van der Waals surface area contributed by atoms with Crippen LogP contribution in [0.25, 0.3) is 0 Å². The second-order valence-electron chi connectivity index (χ2n) is 4.92. The molecule has 1 N–H and O–H groups in total. The molecule has 3 heteroatoms. The lowest BCUT2D eigenvalue weighted by Crippen LogP contribution is -2.21. The number of nitrogens with one attached hydrogen (secondary N) is 1. The summed E-state index contributed by atoms with van der Waals surface area (Å²) in [6.45, 7) is 3.97. The van der Waals surface area contributed by atoms with Gasteiger partial charge in [0.25, 0.3) is 0 Å². The molecule has 0 unspecified atom stereocenters. The molecule has 0 radical (unpaired) electrons. The van der Waals surface area contributed by atoms with E-state index in [-0.39, 0.29) is 0 Å². The van der Waals surface area contributed by atoms with E-state index in [2.05, 4.69) is 10.3 Å². The van der Waals surface area contributed by atoms with Gasteiger partial charge in [0, 0.05) is 24.4 Å². The lowest BCUT2D eigenvalue weighted by Gasteiger charge is -2.11. The van der Waals surface area contributed by atoms with Gasteiger partial charge in [-0.2, -0.15) is 0 Å². The number of hydrogen-bond donors (Lipinski definition) is 1. The summed E-state index contributed by atoms with van der Waals surface area (Å²) in [7, 11) is 1.70. The van der Waals surface area contributed by atoms with Gasteiger partial charge in [0.15, 0.2) is 0 Å². The third-order valence-corrected chi connectivity index (χ3v) is 3.43. The highest BCUT2D eigenvalue weighted by molar-refractivity contribution is 5.26. The summed E-state index contributed by atoms with van der Waals surface area (Å²) in [6, 6.07) is 3.97. The largest absolute Gasteiger partial charge is 0.497 e. The van der Waals surface area contributed by atoms with Crippen molar-refractivity contribution in [1.29, 1.82) is 0 Å². The Morgan fingerprint density at radius 2 is 2.12 bits per heavy atom. The molecular weight excluding hydrogens is 212 g/mol. The predicted molar refractivity (Wildman–Crippen MR) is 69.2 cm³/mol. The molecule has 94 valence electrons. The van der Waals surface area contributed by atoms with Gasteiger partial charge < -0.3 is 10.1 Å². The molecule has 0 amide bonds. The SMILES string of the molecule is COc1cc(C)nc(CNCC2CCCC2)c1. The molecule has 1 aromatic heterocycles. The van der Waals surface area contributed by atoms with Crippen molar-refractivity contribution >= 4 is 0 Å². The maximum atomic E-state index is 5.25. The number of hydrogen-bond acceptors (Lipinski definition) is 3. The highest BCUT2D eigenvalue weighted by Gasteiger charge is 2.14. The number of aromatic nitrogens is 1. The van der Waals surface area contributed by atoms with Crippen LogP contribution < -0.4 is 10.1 Å². The Kier molecular flexibility index (Phi) is 4.37. The minimum Gasteiger partial charge on any atom is -0.497 e. The number of nitrogens with zero attached hydrogens (tertiary/aromatic N) is 1. The van der Waals surface area contributed by atoms with Crippen molar-refractivity contribution < 1.29 is 4.74 Å². The Balaban J connectivity index is 1.83. The van der Waals surface area contributed by atoms with Crippen LogP contribution in [0.2, 0.25) is 0 Å². The second-order valence-corrected chi connectivity index (χ2v) is 4.92. The van der Waals surface area contributed by atoms with Crippen LogP contribution in [0.15, 0.2) is 12.1 Å². The van der Waals surface area contributed by atoms with Crippen LogP contribution in [0.1, 0.15) is 37.1 Å². The molecule has 0 spiro atoms. The monoisotopic (exact) mass is 234 g/mol. The average Bonchev–Trinajstić information content (AvgIpc) is 2.81.